The maximum absolute atomic E-state index is 12.6. The number of nitrogens with zero attached hydrogens (tertiary/aromatic N) is 3. The first-order chi connectivity index (χ1) is 12.2. The molecule has 0 amide bonds. The lowest BCUT2D eigenvalue weighted by Gasteiger charge is -2.15. The minimum Gasteiger partial charge on any atom is -0.462 e. The predicted octanol–water partition coefficient (Wildman–Crippen LogP) is 1.68. The molecule has 0 saturated carbocycles. The third-order valence-electron chi connectivity index (χ3n) is 3.64. The van der Waals surface area contributed by atoms with Gasteiger partial charge in [-0.25, -0.2) is 9.78 Å². The first-order valence-corrected chi connectivity index (χ1v) is 7.63. The van der Waals surface area contributed by atoms with Gasteiger partial charge in [0.2, 0.25) is 0 Å². The number of hydrogen-bond acceptors (Lipinski definition) is 6. The van der Waals surface area contributed by atoms with Crippen LogP contribution in [0.2, 0.25) is 0 Å². The molecule has 0 saturated heterocycles. The smallest absolute Gasteiger partial charge is 0.342 e. The molecule has 126 valence electrons. The lowest BCUT2D eigenvalue weighted by molar-refractivity contribution is 0.0529. The summed E-state index contributed by atoms with van der Waals surface area (Å²) in [6.07, 6.45) is 4.71. The molecule has 0 aliphatic rings. The van der Waals surface area contributed by atoms with E-state index < -0.39 is 11.5 Å². The summed E-state index contributed by atoms with van der Waals surface area (Å²) in [7, 11) is 0. The summed E-state index contributed by atoms with van der Waals surface area (Å²) in [5.74, 6) is -0.604. The molecule has 25 heavy (non-hydrogen) atoms. The Hall–Kier alpha value is -3.60. The van der Waals surface area contributed by atoms with Crippen LogP contribution in [-0.4, -0.2) is 26.9 Å². The minimum atomic E-state index is -0.604. The fraction of sp³-hybridized carbons (Fsp3) is 0.176. The summed E-state index contributed by atoms with van der Waals surface area (Å²) in [4.78, 5) is 32.0. The number of aromatic amines is 1. The maximum atomic E-state index is 12.6. The quantitative estimate of drug-likeness (QED) is 0.685. The number of fused-ring (bicyclic) bond motifs is 1. The SMILES string of the molecule is CCOC(=O)c1c(NCc2c[nH]cn2)c(C#N)c(=O)n2ccccc12. The van der Waals surface area contributed by atoms with E-state index in [1.165, 1.54) is 16.9 Å². The van der Waals surface area contributed by atoms with Gasteiger partial charge in [-0.15, -0.1) is 0 Å². The zero-order valence-electron chi connectivity index (χ0n) is 13.4. The van der Waals surface area contributed by atoms with E-state index >= 15 is 0 Å². The number of H-pyrrole nitrogens is 1. The number of rotatable bonds is 5. The van der Waals surface area contributed by atoms with Crippen molar-refractivity contribution in [2.24, 2.45) is 0 Å². The molecule has 0 unspecified atom stereocenters. The highest BCUT2D eigenvalue weighted by Crippen LogP contribution is 2.24. The molecule has 0 aliphatic carbocycles. The molecule has 0 bridgehead atoms. The van der Waals surface area contributed by atoms with E-state index in [0.717, 1.165) is 0 Å². The number of aromatic nitrogens is 3. The van der Waals surface area contributed by atoms with E-state index in [1.807, 2.05) is 6.07 Å². The van der Waals surface area contributed by atoms with Crippen LogP contribution in [0.5, 0.6) is 0 Å². The molecule has 3 heterocycles. The number of nitrogens with one attached hydrogen (secondary N) is 2. The van der Waals surface area contributed by atoms with Crippen LogP contribution < -0.4 is 10.9 Å². The van der Waals surface area contributed by atoms with Crippen molar-refractivity contribution >= 4 is 17.2 Å². The Kier molecular flexibility index (Phi) is 4.48. The largest absolute Gasteiger partial charge is 0.462 e. The fourth-order valence-electron chi connectivity index (χ4n) is 2.56. The molecule has 2 N–H and O–H groups in total. The van der Waals surface area contributed by atoms with Gasteiger partial charge >= 0.3 is 5.97 Å². The highest BCUT2D eigenvalue weighted by molar-refractivity contribution is 6.04. The third-order valence-corrected chi connectivity index (χ3v) is 3.64. The van der Waals surface area contributed by atoms with Gasteiger partial charge in [0.15, 0.2) is 0 Å². The fourth-order valence-corrected chi connectivity index (χ4v) is 2.56. The molecule has 3 aromatic heterocycles. The van der Waals surface area contributed by atoms with Crippen molar-refractivity contribution in [1.29, 1.82) is 5.26 Å². The first-order valence-electron chi connectivity index (χ1n) is 7.63. The molecule has 3 rings (SSSR count). The van der Waals surface area contributed by atoms with Crippen molar-refractivity contribution in [3.05, 3.63) is 64.1 Å². The lowest BCUT2D eigenvalue weighted by atomic mass is 10.1. The second kappa shape index (κ2) is 6.88. The van der Waals surface area contributed by atoms with Crippen LogP contribution >= 0.6 is 0 Å². The van der Waals surface area contributed by atoms with Gasteiger partial charge in [-0.2, -0.15) is 5.26 Å². The monoisotopic (exact) mass is 337 g/mol. The van der Waals surface area contributed by atoms with Crippen LogP contribution in [0, 0.1) is 11.3 Å². The van der Waals surface area contributed by atoms with Crippen LogP contribution in [0.1, 0.15) is 28.5 Å². The Bertz CT molecular complexity index is 1020. The van der Waals surface area contributed by atoms with Crippen molar-refractivity contribution in [3.8, 4) is 6.07 Å². The third kappa shape index (κ3) is 2.95. The zero-order chi connectivity index (χ0) is 17.8. The van der Waals surface area contributed by atoms with Gasteiger partial charge in [-0.3, -0.25) is 9.20 Å². The Morgan fingerprint density at radius 3 is 3.00 bits per heavy atom. The van der Waals surface area contributed by atoms with Gasteiger partial charge in [-0.05, 0) is 19.1 Å². The number of hydrogen-bond donors (Lipinski definition) is 2. The van der Waals surface area contributed by atoms with E-state index in [1.54, 1.807) is 31.3 Å². The molecular weight excluding hydrogens is 322 g/mol. The lowest BCUT2D eigenvalue weighted by Crippen LogP contribution is -2.24. The summed E-state index contributed by atoms with van der Waals surface area (Å²) in [6, 6.07) is 6.89. The number of carbonyl (C=O) groups excluding carboxylic acids is 1. The average molecular weight is 337 g/mol. The standard InChI is InChI=1S/C17H15N5O3/c1-2-25-17(24)14-13-5-3-4-6-22(13)16(23)12(7-18)15(14)20-9-11-8-19-10-21-11/h3-6,8,10,20H,2,9H2,1H3,(H,19,21). The van der Waals surface area contributed by atoms with Gasteiger partial charge in [0.05, 0.1) is 36.4 Å². The molecule has 0 radical (unpaired) electrons. The summed E-state index contributed by atoms with van der Waals surface area (Å²) in [5.41, 5.74) is 0.689. The Balaban J connectivity index is 2.24. The van der Waals surface area contributed by atoms with Crippen molar-refractivity contribution in [2.45, 2.75) is 13.5 Å². The van der Waals surface area contributed by atoms with E-state index in [2.05, 4.69) is 15.3 Å². The number of esters is 1. The molecule has 8 nitrogen and oxygen atoms in total. The number of ether oxygens (including phenoxy) is 1. The molecule has 0 atom stereocenters. The Morgan fingerprint density at radius 2 is 2.32 bits per heavy atom. The number of pyridine rings is 2. The molecule has 0 aromatic carbocycles. The topological polar surface area (TPSA) is 112 Å². The van der Waals surface area contributed by atoms with Gasteiger partial charge in [0.1, 0.15) is 17.2 Å². The summed E-state index contributed by atoms with van der Waals surface area (Å²) >= 11 is 0. The molecule has 3 aromatic rings. The molecule has 0 fully saturated rings. The predicted molar refractivity (Wildman–Crippen MR) is 90.3 cm³/mol. The molecular formula is C17H15N5O3. The van der Waals surface area contributed by atoms with Crippen molar-refractivity contribution in [2.75, 3.05) is 11.9 Å². The van der Waals surface area contributed by atoms with Crippen LogP contribution in [-0.2, 0) is 11.3 Å². The minimum absolute atomic E-state index is 0.147. The van der Waals surface area contributed by atoms with Crippen LogP contribution in [0.25, 0.3) is 5.52 Å². The van der Waals surface area contributed by atoms with Gasteiger partial charge < -0.3 is 15.0 Å². The summed E-state index contributed by atoms with van der Waals surface area (Å²) in [6.45, 7) is 2.11. The van der Waals surface area contributed by atoms with Crippen molar-refractivity contribution in [3.63, 3.8) is 0 Å². The highest BCUT2D eigenvalue weighted by atomic mass is 16.5. The van der Waals surface area contributed by atoms with Crippen molar-refractivity contribution < 1.29 is 9.53 Å². The van der Waals surface area contributed by atoms with Crippen LogP contribution in [0.4, 0.5) is 5.69 Å². The van der Waals surface area contributed by atoms with Crippen LogP contribution in [0.3, 0.4) is 0 Å². The Morgan fingerprint density at radius 1 is 1.48 bits per heavy atom. The second-order valence-corrected chi connectivity index (χ2v) is 5.13. The second-order valence-electron chi connectivity index (χ2n) is 5.13. The normalized spacial score (nSPS) is 10.4. The highest BCUT2D eigenvalue weighted by Gasteiger charge is 2.23. The molecule has 0 aliphatic heterocycles. The van der Waals surface area contributed by atoms with E-state index in [0.29, 0.717) is 11.2 Å². The van der Waals surface area contributed by atoms with E-state index in [-0.39, 0.29) is 30.0 Å². The van der Waals surface area contributed by atoms with E-state index in [9.17, 15) is 14.9 Å². The van der Waals surface area contributed by atoms with Crippen LogP contribution in [0.15, 0.2) is 41.7 Å². The molecule has 8 heteroatoms. The number of carbonyl (C=O) groups is 1. The van der Waals surface area contributed by atoms with E-state index in [4.69, 9.17) is 4.74 Å². The number of nitriles is 1. The molecule has 0 spiro atoms. The zero-order valence-corrected chi connectivity index (χ0v) is 13.4. The van der Waals surface area contributed by atoms with Crippen molar-refractivity contribution in [1.82, 2.24) is 14.4 Å². The number of anilines is 1. The Labute approximate surface area is 142 Å². The maximum Gasteiger partial charge on any atom is 0.342 e. The number of imidazole rings is 1. The van der Waals surface area contributed by atoms with Gasteiger partial charge in [-0.1, -0.05) is 6.07 Å². The average Bonchev–Trinajstić information content (AvgIpc) is 3.14. The first kappa shape index (κ1) is 16.3. The van der Waals surface area contributed by atoms with Gasteiger partial charge in [0, 0.05) is 12.4 Å². The summed E-state index contributed by atoms with van der Waals surface area (Å²) in [5, 5.41) is 12.5. The summed E-state index contributed by atoms with van der Waals surface area (Å²) < 4.78 is 6.40. The van der Waals surface area contributed by atoms with Gasteiger partial charge in [0.25, 0.3) is 5.56 Å².